The van der Waals surface area contributed by atoms with Gasteiger partial charge in [-0.3, -0.25) is 9.59 Å². The Balaban J connectivity index is 1.67. The number of fused-ring (bicyclic) bond motifs is 3. The Morgan fingerprint density at radius 3 is 2.00 bits per heavy atom. The minimum absolute atomic E-state index is 0.0473. The number of amides is 2. The number of carboxylic acid groups (broad SMARTS) is 1. The van der Waals surface area contributed by atoms with Crippen molar-refractivity contribution in [2.75, 3.05) is 19.7 Å². The molecule has 2 N–H and O–H groups in total. The average Bonchev–Trinajstić information content (AvgIpc) is 3.15. The van der Waals surface area contributed by atoms with Crippen molar-refractivity contribution in [3.8, 4) is 11.1 Å². The molecule has 1 aliphatic carbocycles. The Kier molecular flexibility index (Phi) is 7.97. The van der Waals surface area contributed by atoms with E-state index >= 15 is 0 Å². The van der Waals surface area contributed by atoms with Crippen LogP contribution in [0.5, 0.6) is 0 Å². The van der Waals surface area contributed by atoms with Crippen LogP contribution in [-0.4, -0.2) is 53.7 Å². The van der Waals surface area contributed by atoms with Gasteiger partial charge in [0.05, 0.1) is 5.41 Å². The first-order chi connectivity index (χ1) is 16.2. The smallest absolute Gasteiger partial charge is 0.407 e. The van der Waals surface area contributed by atoms with Crippen molar-refractivity contribution >= 4 is 18.0 Å². The Hall–Kier alpha value is -3.35. The molecule has 7 heteroatoms. The maximum atomic E-state index is 13.3. The zero-order chi connectivity index (χ0) is 24.9. The lowest BCUT2D eigenvalue weighted by Gasteiger charge is -2.37. The summed E-state index contributed by atoms with van der Waals surface area (Å²) in [5, 5.41) is 12.0. The quantitative estimate of drug-likeness (QED) is 0.531. The molecular formula is C27H34N2O5. The van der Waals surface area contributed by atoms with E-state index in [1.54, 1.807) is 13.8 Å². The molecular weight excluding hydrogens is 432 g/mol. The number of carbonyl (C=O) groups excluding carboxylic acids is 2. The van der Waals surface area contributed by atoms with Gasteiger partial charge in [0.15, 0.2) is 0 Å². The summed E-state index contributed by atoms with van der Waals surface area (Å²) < 4.78 is 5.61. The normalized spacial score (nSPS) is 12.7. The minimum atomic E-state index is -1.06. The zero-order valence-electron chi connectivity index (χ0n) is 20.3. The van der Waals surface area contributed by atoms with E-state index in [2.05, 4.69) is 29.6 Å². The van der Waals surface area contributed by atoms with Crippen LogP contribution in [0.3, 0.4) is 0 Å². The van der Waals surface area contributed by atoms with Crippen molar-refractivity contribution in [3.05, 3.63) is 59.7 Å². The van der Waals surface area contributed by atoms with Crippen molar-refractivity contribution in [1.82, 2.24) is 10.2 Å². The Morgan fingerprint density at radius 2 is 1.53 bits per heavy atom. The lowest BCUT2D eigenvalue weighted by Crippen LogP contribution is -2.53. The molecule has 3 rings (SSSR count). The molecule has 0 saturated carbocycles. The molecule has 34 heavy (non-hydrogen) atoms. The van der Waals surface area contributed by atoms with E-state index in [9.17, 15) is 19.5 Å². The van der Waals surface area contributed by atoms with Crippen LogP contribution in [0.2, 0.25) is 0 Å². The van der Waals surface area contributed by atoms with Gasteiger partial charge in [0, 0.05) is 18.5 Å². The third kappa shape index (κ3) is 5.08. The highest BCUT2D eigenvalue weighted by Gasteiger charge is 2.40. The Morgan fingerprint density at radius 1 is 1.00 bits per heavy atom. The van der Waals surface area contributed by atoms with Crippen LogP contribution < -0.4 is 5.32 Å². The number of nitrogens with zero attached hydrogens (tertiary/aromatic N) is 1. The molecule has 0 heterocycles. The number of ether oxygens (including phenoxy) is 1. The number of nitrogens with one attached hydrogen (secondary N) is 1. The molecule has 0 saturated heterocycles. The zero-order valence-corrected chi connectivity index (χ0v) is 20.3. The number of carboxylic acids is 1. The summed E-state index contributed by atoms with van der Waals surface area (Å²) in [6.07, 6.45) is 0.346. The van der Waals surface area contributed by atoms with Crippen LogP contribution in [0.1, 0.15) is 57.6 Å². The second kappa shape index (κ2) is 10.7. The number of alkyl carbamates (subject to hydrolysis) is 1. The van der Waals surface area contributed by atoms with Gasteiger partial charge in [-0.1, -0.05) is 62.4 Å². The average molecular weight is 467 g/mol. The van der Waals surface area contributed by atoms with E-state index in [4.69, 9.17) is 4.74 Å². The number of carbonyl (C=O) groups is 3. The Bertz CT molecular complexity index is 999. The number of aliphatic carboxylic acids is 1. The van der Waals surface area contributed by atoms with Crippen LogP contribution in [0.4, 0.5) is 4.79 Å². The molecule has 7 nitrogen and oxygen atoms in total. The van der Waals surface area contributed by atoms with Gasteiger partial charge in [-0.25, -0.2) is 4.79 Å². The molecule has 0 atom stereocenters. The van der Waals surface area contributed by atoms with E-state index in [0.717, 1.165) is 22.3 Å². The van der Waals surface area contributed by atoms with Gasteiger partial charge < -0.3 is 20.1 Å². The largest absolute Gasteiger partial charge is 0.480 e. The second-order valence-corrected chi connectivity index (χ2v) is 9.09. The van der Waals surface area contributed by atoms with E-state index in [-0.39, 0.29) is 37.6 Å². The van der Waals surface area contributed by atoms with Gasteiger partial charge in [0.2, 0.25) is 5.91 Å². The van der Waals surface area contributed by atoms with E-state index in [0.29, 0.717) is 12.8 Å². The highest BCUT2D eigenvalue weighted by molar-refractivity contribution is 5.87. The molecule has 2 aromatic carbocycles. The van der Waals surface area contributed by atoms with Crippen molar-refractivity contribution < 1.29 is 24.2 Å². The van der Waals surface area contributed by atoms with Gasteiger partial charge in [-0.05, 0) is 48.9 Å². The predicted octanol–water partition coefficient (Wildman–Crippen LogP) is 4.65. The van der Waals surface area contributed by atoms with E-state index in [1.165, 1.54) is 4.90 Å². The van der Waals surface area contributed by atoms with E-state index in [1.807, 2.05) is 38.1 Å². The van der Waals surface area contributed by atoms with Gasteiger partial charge >= 0.3 is 12.1 Å². The van der Waals surface area contributed by atoms with Crippen LogP contribution in [0.25, 0.3) is 11.1 Å². The number of hydrogen-bond acceptors (Lipinski definition) is 4. The number of hydrogen-bond donors (Lipinski definition) is 2. The van der Waals surface area contributed by atoms with Crippen molar-refractivity contribution in [3.63, 3.8) is 0 Å². The molecule has 0 radical (unpaired) electrons. The summed E-state index contributed by atoms with van der Waals surface area (Å²) in [6.45, 7) is 7.23. The van der Waals surface area contributed by atoms with Gasteiger partial charge in [-0.2, -0.15) is 0 Å². The molecule has 0 bridgehead atoms. The van der Waals surface area contributed by atoms with Crippen molar-refractivity contribution in [1.29, 1.82) is 0 Å². The molecule has 0 aromatic heterocycles. The summed E-state index contributed by atoms with van der Waals surface area (Å²) in [4.78, 5) is 38.6. The molecule has 0 fully saturated rings. The van der Waals surface area contributed by atoms with Crippen molar-refractivity contribution in [2.45, 2.75) is 52.5 Å². The minimum Gasteiger partial charge on any atom is -0.480 e. The summed E-state index contributed by atoms with van der Waals surface area (Å²) >= 11 is 0. The fourth-order valence-electron chi connectivity index (χ4n) is 4.71. The molecule has 1 aliphatic rings. The Labute approximate surface area is 201 Å². The fraction of sp³-hybridized carbons (Fsp3) is 0.444. The van der Waals surface area contributed by atoms with Gasteiger partial charge in [0.1, 0.15) is 13.2 Å². The molecule has 0 unspecified atom stereocenters. The maximum Gasteiger partial charge on any atom is 0.407 e. The number of rotatable bonds is 10. The number of benzene rings is 2. The first kappa shape index (κ1) is 25.3. The monoisotopic (exact) mass is 466 g/mol. The lowest BCUT2D eigenvalue weighted by atomic mass is 9.80. The van der Waals surface area contributed by atoms with Crippen LogP contribution in [0, 0.1) is 5.41 Å². The highest BCUT2D eigenvalue weighted by Crippen LogP contribution is 2.44. The van der Waals surface area contributed by atoms with Crippen molar-refractivity contribution in [2.24, 2.45) is 5.41 Å². The molecule has 0 spiro atoms. The first-order valence-corrected chi connectivity index (χ1v) is 11.9. The first-order valence-electron chi connectivity index (χ1n) is 11.9. The third-order valence-electron chi connectivity index (χ3n) is 6.91. The fourth-order valence-corrected chi connectivity index (χ4v) is 4.71. The van der Waals surface area contributed by atoms with Crippen LogP contribution in [-0.2, 0) is 14.3 Å². The summed E-state index contributed by atoms with van der Waals surface area (Å²) in [7, 11) is 0. The highest BCUT2D eigenvalue weighted by atomic mass is 16.5. The van der Waals surface area contributed by atoms with Crippen LogP contribution >= 0.6 is 0 Å². The summed E-state index contributed by atoms with van der Waals surface area (Å²) in [5.41, 5.74) is 3.67. The standard InChI is InChI=1S/C27H34N2O5/c1-5-27(6-2,25(32)29(18(3)4)15-24(30)31)17-28-26(33)34-16-23-21-13-9-7-11-19(21)20-12-8-10-14-22(20)23/h7-14,18,23H,5-6,15-17H2,1-4H3,(H,28,33)(H,30,31). The van der Waals surface area contributed by atoms with Gasteiger partial charge in [-0.15, -0.1) is 0 Å². The SMILES string of the molecule is CCC(CC)(CNC(=O)OCC1c2ccccc2-c2ccccc21)C(=O)N(CC(=O)O)C(C)C. The summed E-state index contributed by atoms with van der Waals surface area (Å²) in [5.74, 6) is -1.38. The van der Waals surface area contributed by atoms with Gasteiger partial charge in [0.25, 0.3) is 0 Å². The lowest BCUT2D eigenvalue weighted by molar-refractivity contribution is -0.152. The topological polar surface area (TPSA) is 95.9 Å². The van der Waals surface area contributed by atoms with Crippen LogP contribution in [0.15, 0.2) is 48.5 Å². The van der Waals surface area contributed by atoms with E-state index < -0.39 is 17.5 Å². The second-order valence-electron chi connectivity index (χ2n) is 9.09. The molecule has 0 aliphatic heterocycles. The molecule has 182 valence electrons. The molecule has 2 aromatic rings. The molecule has 2 amide bonds. The maximum absolute atomic E-state index is 13.3. The predicted molar refractivity (Wildman–Crippen MR) is 131 cm³/mol. The summed E-state index contributed by atoms with van der Waals surface area (Å²) in [6, 6.07) is 16.0. The third-order valence-corrected chi connectivity index (χ3v) is 6.91.